The molecule has 1 aliphatic carbocycles. The molecule has 3 heteroatoms. The molecule has 0 radical (unpaired) electrons. The van der Waals surface area contributed by atoms with Crippen LogP contribution in [-0.4, -0.2) is 31.1 Å². The fraction of sp³-hybridized carbons (Fsp3) is 0.667. The number of likely N-dealkylation sites (N-methyl/N-ethyl adjacent to an activating group) is 1. The fourth-order valence-corrected chi connectivity index (χ4v) is 3.76. The number of rotatable bonds is 3. The van der Waals surface area contributed by atoms with Crippen molar-refractivity contribution in [3.05, 3.63) is 29.8 Å². The summed E-state index contributed by atoms with van der Waals surface area (Å²) in [4.78, 5) is 2.35. The van der Waals surface area contributed by atoms with Crippen molar-refractivity contribution in [1.82, 2.24) is 4.90 Å². The number of nitrogens with zero attached hydrogens (tertiary/aromatic N) is 1. The van der Waals surface area contributed by atoms with Crippen LogP contribution in [0.2, 0.25) is 0 Å². The Morgan fingerprint density at radius 2 is 2.00 bits per heavy atom. The Balaban J connectivity index is 1.70. The van der Waals surface area contributed by atoms with Gasteiger partial charge in [0.2, 0.25) is 0 Å². The van der Waals surface area contributed by atoms with E-state index in [2.05, 4.69) is 36.2 Å². The van der Waals surface area contributed by atoms with Crippen LogP contribution in [0.3, 0.4) is 0 Å². The third-order valence-corrected chi connectivity index (χ3v) is 5.04. The number of nitrogens with two attached hydrogens (primary N) is 1. The minimum Gasteiger partial charge on any atom is -0.489 e. The maximum atomic E-state index is 6.64. The van der Waals surface area contributed by atoms with Crippen LogP contribution in [-0.2, 0) is 5.54 Å². The molecular formula is C18H28N2O. The summed E-state index contributed by atoms with van der Waals surface area (Å²) in [5.74, 6) is 0.989. The number of ether oxygens (including phenoxy) is 1. The first kappa shape index (κ1) is 14.9. The Morgan fingerprint density at radius 1 is 1.19 bits per heavy atom. The summed E-state index contributed by atoms with van der Waals surface area (Å²) in [6.07, 6.45) is 8.71. The topological polar surface area (TPSA) is 38.5 Å². The molecule has 1 unspecified atom stereocenters. The van der Waals surface area contributed by atoms with Crippen LogP contribution in [0.15, 0.2) is 24.3 Å². The highest BCUT2D eigenvalue weighted by atomic mass is 16.5. The van der Waals surface area contributed by atoms with E-state index in [1.54, 1.807) is 0 Å². The molecule has 1 atom stereocenters. The number of piperidine rings is 1. The lowest BCUT2D eigenvalue weighted by Crippen LogP contribution is -2.39. The summed E-state index contributed by atoms with van der Waals surface area (Å²) in [5, 5.41) is 0. The van der Waals surface area contributed by atoms with Gasteiger partial charge in [-0.25, -0.2) is 0 Å². The minimum atomic E-state index is -0.138. The number of hydrogen-bond acceptors (Lipinski definition) is 3. The molecular weight excluding hydrogens is 260 g/mol. The standard InChI is InChI=1S/C18H28N2O/c1-20-12-6-9-17(14-20)21-16-8-5-7-15(13-16)18(19)10-3-2-4-11-18/h5,7-8,13,17H,2-4,6,9-12,14,19H2,1H3. The predicted molar refractivity (Wildman–Crippen MR) is 86.5 cm³/mol. The average Bonchev–Trinajstić information content (AvgIpc) is 2.48. The van der Waals surface area contributed by atoms with E-state index >= 15 is 0 Å². The highest BCUT2D eigenvalue weighted by Gasteiger charge is 2.29. The molecule has 3 rings (SSSR count). The van der Waals surface area contributed by atoms with Crippen molar-refractivity contribution in [3.8, 4) is 5.75 Å². The minimum absolute atomic E-state index is 0.138. The number of hydrogen-bond donors (Lipinski definition) is 1. The van der Waals surface area contributed by atoms with Crippen LogP contribution in [0.25, 0.3) is 0 Å². The summed E-state index contributed by atoms with van der Waals surface area (Å²) < 4.78 is 6.20. The molecule has 1 aromatic carbocycles. The van der Waals surface area contributed by atoms with Crippen LogP contribution in [0.4, 0.5) is 0 Å². The van der Waals surface area contributed by atoms with Crippen molar-refractivity contribution < 1.29 is 4.74 Å². The van der Waals surface area contributed by atoms with Crippen LogP contribution in [0.1, 0.15) is 50.5 Å². The molecule has 2 fully saturated rings. The van der Waals surface area contributed by atoms with Gasteiger partial charge in [-0.15, -0.1) is 0 Å². The van der Waals surface area contributed by atoms with E-state index in [9.17, 15) is 0 Å². The lowest BCUT2D eigenvalue weighted by atomic mass is 9.77. The fourth-order valence-electron chi connectivity index (χ4n) is 3.76. The lowest BCUT2D eigenvalue weighted by Gasteiger charge is -2.34. The molecule has 116 valence electrons. The van der Waals surface area contributed by atoms with Crippen LogP contribution >= 0.6 is 0 Å². The quantitative estimate of drug-likeness (QED) is 0.927. The zero-order valence-corrected chi connectivity index (χ0v) is 13.2. The van der Waals surface area contributed by atoms with Gasteiger partial charge in [0.1, 0.15) is 11.9 Å². The Morgan fingerprint density at radius 3 is 2.76 bits per heavy atom. The van der Waals surface area contributed by atoms with Gasteiger partial charge in [-0.1, -0.05) is 31.4 Å². The Hall–Kier alpha value is -1.06. The molecule has 21 heavy (non-hydrogen) atoms. The van der Waals surface area contributed by atoms with E-state index in [4.69, 9.17) is 10.5 Å². The molecule has 1 aliphatic heterocycles. The van der Waals surface area contributed by atoms with Gasteiger partial charge in [0.05, 0.1) is 0 Å². The Labute approximate surface area is 128 Å². The monoisotopic (exact) mass is 288 g/mol. The number of likely N-dealkylation sites (tertiary alicyclic amines) is 1. The normalized spacial score (nSPS) is 26.5. The van der Waals surface area contributed by atoms with E-state index in [0.717, 1.165) is 31.6 Å². The van der Waals surface area contributed by atoms with Gasteiger partial charge in [0, 0.05) is 12.1 Å². The van der Waals surface area contributed by atoms with Crippen molar-refractivity contribution >= 4 is 0 Å². The molecule has 0 spiro atoms. The third-order valence-electron chi connectivity index (χ3n) is 5.04. The van der Waals surface area contributed by atoms with Crippen molar-refractivity contribution in [1.29, 1.82) is 0 Å². The van der Waals surface area contributed by atoms with Crippen LogP contribution < -0.4 is 10.5 Å². The molecule has 0 amide bonds. The molecule has 1 aromatic rings. The van der Waals surface area contributed by atoms with E-state index < -0.39 is 0 Å². The SMILES string of the molecule is CN1CCCC(Oc2cccc(C3(N)CCCCC3)c2)C1. The van der Waals surface area contributed by atoms with Crippen molar-refractivity contribution in [2.45, 2.75) is 56.6 Å². The van der Waals surface area contributed by atoms with Gasteiger partial charge in [0.25, 0.3) is 0 Å². The maximum absolute atomic E-state index is 6.64. The highest BCUT2D eigenvalue weighted by Crippen LogP contribution is 2.36. The smallest absolute Gasteiger partial charge is 0.120 e. The first-order chi connectivity index (χ1) is 10.2. The largest absolute Gasteiger partial charge is 0.489 e. The highest BCUT2D eigenvalue weighted by molar-refractivity contribution is 5.33. The van der Waals surface area contributed by atoms with Crippen molar-refractivity contribution in [2.75, 3.05) is 20.1 Å². The molecule has 1 saturated heterocycles. The van der Waals surface area contributed by atoms with E-state index in [-0.39, 0.29) is 5.54 Å². The summed E-state index contributed by atoms with van der Waals surface area (Å²) in [6, 6.07) is 8.52. The third kappa shape index (κ3) is 3.58. The molecule has 1 saturated carbocycles. The molecule has 3 nitrogen and oxygen atoms in total. The predicted octanol–water partition coefficient (Wildman–Crippen LogP) is 3.28. The molecule has 2 aliphatic rings. The zero-order chi connectivity index (χ0) is 14.7. The first-order valence-electron chi connectivity index (χ1n) is 8.40. The molecule has 0 bridgehead atoms. The van der Waals surface area contributed by atoms with E-state index in [1.807, 2.05) is 0 Å². The second kappa shape index (κ2) is 6.37. The molecule has 2 N–H and O–H groups in total. The summed E-state index contributed by atoms with van der Waals surface area (Å²) in [7, 11) is 2.17. The summed E-state index contributed by atoms with van der Waals surface area (Å²) in [5.41, 5.74) is 7.76. The summed E-state index contributed by atoms with van der Waals surface area (Å²) in [6.45, 7) is 2.21. The zero-order valence-electron chi connectivity index (χ0n) is 13.2. The Bertz CT molecular complexity index is 468. The maximum Gasteiger partial charge on any atom is 0.120 e. The lowest BCUT2D eigenvalue weighted by molar-refractivity contribution is 0.104. The summed E-state index contributed by atoms with van der Waals surface area (Å²) >= 11 is 0. The van der Waals surface area contributed by atoms with Crippen LogP contribution in [0, 0.1) is 0 Å². The van der Waals surface area contributed by atoms with Gasteiger partial charge in [-0.05, 0) is 57.0 Å². The second-order valence-electron chi connectivity index (χ2n) is 6.89. The first-order valence-corrected chi connectivity index (χ1v) is 8.40. The van der Waals surface area contributed by atoms with Gasteiger partial charge >= 0.3 is 0 Å². The van der Waals surface area contributed by atoms with E-state index in [0.29, 0.717) is 6.10 Å². The van der Waals surface area contributed by atoms with Crippen molar-refractivity contribution in [2.24, 2.45) is 5.73 Å². The van der Waals surface area contributed by atoms with Crippen molar-refractivity contribution in [3.63, 3.8) is 0 Å². The van der Waals surface area contributed by atoms with Gasteiger partial charge in [-0.2, -0.15) is 0 Å². The van der Waals surface area contributed by atoms with Gasteiger partial charge in [-0.3, -0.25) is 0 Å². The second-order valence-corrected chi connectivity index (χ2v) is 6.89. The molecule has 1 heterocycles. The van der Waals surface area contributed by atoms with E-state index in [1.165, 1.54) is 37.8 Å². The van der Waals surface area contributed by atoms with Gasteiger partial charge in [0.15, 0.2) is 0 Å². The average molecular weight is 288 g/mol. The van der Waals surface area contributed by atoms with Gasteiger partial charge < -0.3 is 15.4 Å². The number of benzene rings is 1. The Kier molecular flexibility index (Phi) is 4.51. The molecule has 0 aromatic heterocycles. The van der Waals surface area contributed by atoms with Crippen LogP contribution in [0.5, 0.6) is 5.75 Å².